The SMILES string of the molecule is CC(C)N(C)CCCNC1CC(c2ccccc2Br)C1. The summed E-state index contributed by atoms with van der Waals surface area (Å²) in [5.41, 5.74) is 1.48. The Bertz CT molecular complexity index is 413. The van der Waals surface area contributed by atoms with Crippen LogP contribution in [0.2, 0.25) is 0 Å². The molecular formula is C17H27BrN2. The van der Waals surface area contributed by atoms with E-state index in [9.17, 15) is 0 Å². The smallest absolute Gasteiger partial charge is 0.0210 e. The number of hydrogen-bond donors (Lipinski definition) is 1. The van der Waals surface area contributed by atoms with Crippen molar-refractivity contribution >= 4 is 15.9 Å². The molecule has 1 saturated carbocycles. The van der Waals surface area contributed by atoms with Crippen LogP contribution < -0.4 is 5.32 Å². The molecule has 2 nitrogen and oxygen atoms in total. The number of rotatable bonds is 7. The van der Waals surface area contributed by atoms with E-state index in [1.54, 1.807) is 0 Å². The Kier molecular flexibility index (Phi) is 6.06. The lowest BCUT2D eigenvalue weighted by Crippen LogP contribution is -2.41. The maximum atomic E-state index is 3.69. The predicted molar refractivity (Wildman–Crippen MR) is 90.3 cm³/mol. The van der Waals surface area contributed by atoms with Crippen LogP contribution in [0.5, 0.6) is 0 Å². The summed E-state index contributed by atoms with van der Waals surface area (Å²) in [5.74, 6) is 0.737. The summed E-state index contributed by atoms with van der Waals surface area (Å²) < 4.78 is 1.27. The monoisotopic (exact) mass is 338 g/mol. The van der Waals surface area contributed by atoms with Gasteiger partial charge in [-0.05, 0) is 70.8 Å². The molecular weight excluding hydrogens is 312 g/mol. The van der Waals surface area contributed by atoms with Crippen LogP contribution in [0, 0.1) is 0 Å². The first kappa shape index (κ1) is 16.0. The fraction of sp³-hybridized carbons (Fsp3) is 0.647. The van der Waals surface area contributed by atoms with Crippen LogP contribution >= 0.6 is 15.9 Å². The van der Waals surface area contributed by atoms with Crippen LogP contribution in [0.1, 0.15) is 44.6 Å². The largest absolute Gasteiger partial charge is 0.314 e. The summed E-state index contributed by atoms with van der Waals surface area (Å²) in [6.07, 6.45) is 3.80. The molecule has 0 spiro atoms. The van der Waals surface area contributed by atoms with Crippen LogP contribution in [0.4, 0.5) is 0 Å². The molecule has 112 valence electrons. The minimum atomic E-state index is 0.651. The van der Waals surface area contributed by atoms with E-state index < -0.39 is 0 Å². The minimum Gasteiger partial charge on any atom is -0.314 e. The molecule has 20 heavy (non-hydrogen) atoms. The van der Waals surface area contributed by atoms with E-state index in [0.717, 1.165) is 18.5 Å². The van der Waals surface area contributed by atoms with Gasteiger partial charge in [-0.3, -0.25) is 0 Å². The highest BCUT2D eigenvalue weighted by atomic mass is 79.9. The van der Waals surface area contributed by atoms with Crippen LogP contribution in [0.15, 0.2) is 28.7 Å². The first-order chi connectivity index (χ1) is 9.58. The number of nitrogens with one attached hydrogen (secondary N) is 1. The third-order valence-electron chi connectivity index (χ3n) is 4.49. The van der Waals surface area contributed by atoms with E-state index in [2.05, 4.69) is 71.3 Å². The zero-order valence-corrected chi connectivity index (χ0v) is 14.5. The zero-order valence-electron chi connectivity index (χ0n) is 12.9. The van der Waals surface area contributed by atoms with Crippen molar-refractivity contribution in [3.63, 3.8) is 0 Å². The first-order valence-electron chi connectivity index (χ1n) is 7.76. The third kappa shape index (κ3) is 4.31. The van der Waals surface area contributed by atoms with Crippen molar-refractivity contribution in [2.24, 2.45) is 0 Å². The second kappa shape index (κ2) is 7.58. The average Bonchev–Trinajstić information content (AvgIpc) is 2.37. The van der Waals surface area contributed by atoms with E-state index in [1.807, 2.05) is 0 Å². The summed E-state index contributed by atoms with van der Waals surface area (Å²) in [4.78, 5) is 2.41. The summed E-state index contributed by atoms with van der Waals surface area (Å²) in [5, 5.41) is 3.69. The highest BCUT2D eigenvalue weighted by molar-refractivity contribution is 9.10. The molecule has 2 rings (SSSR count). The molecule has 0 bridgehead atoms. The lowest BCUT2D eigenvalue weighted by molar-refractivity contribution is 0.253. The maximum absolute atomic E-state index is 3.69. The van der Waals surface area contributed by atoms with Gasteiger partial charge in [0.1, 0.15) is 0 Å². The quantitative estimate of drug-likeness (QED) is 0.755. The zero-order chi connectivity index (χ0) is 14.5. The van der Waals surface area contributed by atoms with Gasteiger partial charge in [0.15, 0.2) is 0 Å². The average molecular weight is 339 g/mol. The van der Waals surface area contributed by atoms with E-state index >= 15 is 0 Å². The minimum absolute atomic E-state index is 0.651. The molecule has 0 radical (unpaired) electrons. The van der Waals surface area contributed by atoms with Crippen molar-refractivity contribution in [1.29, 1.82) is 0 Å². The molecule has 0 unspecified atom stereocenters. The molecule has 0 aliphatic heterocycles. The van der Waals surface area contributed by atoms with Crippen LogP contribution in [-0.2, 0) is 0 Å². The number of hydrogen-bond acceptors (Lipinski definition) is 2. The number of benzene rings is 1. The molecule has 1 aromatic rings. The molecule has 1 aliphatic rings. The molecule has 3 heteroatoms. The van der Waals surface area contributed by atoms with Crippen LogP contribution in [-0.4, -0.2) is 37.1 Å². The molecule has 1 fully saturated rings. The Labute approximate surface area is 132 Å². The van der Waals surface area contributed by atoms with Crippen molar-refractivity contribution in [2.75, 3.05) is 20.1 Å². The maximum Gasteiger partial charge on any atom is 0.0210 e. The number of halogens is 1. The number of nitrogens with zero attached hydrogens (tertiary/aromatic N) is 1. The summed E-state index contributed by atoms with van der Waals surface area (Å²) in [6, 6.07) is 10.0. The second-order valence-electron chi connectivity index (χ2n) is 6.27. The standard InChI is InChI=1S/C17H27BrN2/c1-13(2)20(3)10-6-9-19-15-11-14(12-15)16-7-4-5-8-17(16)18/h4-5,7-8,13-15,19H,6,9-12H2,1-3H3. The van der Waals surface area contributed by atoms with Gasteiger partial charge in [-0.25, -0.2) is 0 Å². The van der Waals surface area contributed by atoms with Gasteiger partial charge in [-0.1, -0.05) is 34.1 Å². The fourth-order valence-corrected chi connectivity index (χ4v) is 3.35. The van der Waals surface area contributed by atoms with Gasteiger partial charge in [-0.15, -0.1) is 0 Å². The Balaban J connectivity index is 1.62. The molecule has 0 heterocycles. The highest BCUT2D eigenvalue weighted by Gasteiger charge is 2.30. The molecule has 0 saturated heterocycles. The van der Waals surface area contributed by atoms with Gasteiger partial charge in [0.05, 0.1) is 0 Å². The predicted octanol–water partition coefficient (Wildman–Crippen LogP) is 4.02. The van der Waals surface area contributed by atoms with Gasteiger partial charge >= 0.3 is 0 Å². The molecule has 1 aliphatic carbocycles. The van der Waals surface area contributed by atoms with Crippen molar-refractivity contribution in [2.45, 2.75) is 51.1 Å². The molecule has 1 N–H and O–H groups in total. The van der Waals surface area contributed by atoms with Crippen molar-refractivity contribution in [1.82, 2.24) is 10.2 Å². The Hall–Kier alpha value is -0.380. The molecule has 0 aromatic heterocycles. The molecule has 0 atom stereocenters. The molecule has 0 amide bonds. The van der Waals surface area contributed by atoms with E-state index in [-0.39, 0.29) is 0 Å². The Morgan fingerprint density at radius 1 is 1.30 bits per heavy atom. The van der Waals surface area contributed by atoms with Crippen molar-refractivity contribution < 1.29 is 0 Å². The van der Waals surface area contributed by atoms with Crippen molar-refractivity contribution in [3.05, 3.63) is 34.3 Å². The highest BCUT2D eigenvalue weighted by Crippen LogP contribution is 2.39. The summed E-state index contributed by atoms with van der Waals surface area (Å²) in [7, 11) is 2.21. The van der Waals surface area contributed by atoms with E-state index in [1.165, 1.54) is 35.8 Å². The Morgan fingerprint density at radius 2 is 2.00 bits per heavy atom. The van der Waals surface area contributed by atoms with Gasteiger partial charge in [0, 0.05) is 16.6 Å². The lowest BCUT2D eigenvalue weighted by Gasteiger charge is -2.37. The Morgan fingerprint density at radius 3 is 2.65 bits per heavy atom. The van der Waals surface area contributed by atoms with E-state index in [0.29, 0.717) is 6.04 Å². The summed E-state index contributed by atoms with van der Waals surface area (Å²) in [6.45, 7) is 6.83. The summed E-state index contributed by atoms with van der Waals surface area (Å²) >= 11 is 3.66. The van der Waals surface area contributed by atoms with Crippen molar-refractivity contribution in [3.8, 4) is 0 Å². The van der Waals surface area contributed by atoms with Gasteiger partial charge in [0.25, 0.3) is 0 Å². The third-order valence-corrected chi connectivity index (χ3v) is 5.21. The normalized spacial score (nSPS) is 22.3. The lowest BCUT2D eigenvalue weighted by atomic mass is 9.76. The fourth-order valence-electron chi connectivity index (χ4n) is 2.74. The molecule has 1 aromatic carbocycles. The van der Waals surface area contributed by atoms with Gasteiger partial charge < -0.3 is 10.2 Å². The first-order valence-corrected chi connectivity index (χ1v) is 8.55. The second-order valence-corrected chi connectivity index (χ2v) is 7.12. The van der Waals surface area contributed by atoms with Crippen LogP contribution in [0.25, 0.3) is 0 Å². The van der Waals surface area contributed by atoms with E-state index in [4.69, 9.17) is 0 Å². The van der Waals surface area contributed by atoms with Gasteiger partial charge in [-0.2, -0.15) is 0 Å². The topological polar surface area (TPSA) is 15.3 Å². The van der Waals surface area contributed by atoms with Gasteiger partial charge in [0.2, 0.25) is 0 Å². The van der Waals surface area contributed by atoms with Crippen LogP contribution in [0.3, 0.4) is 0 Å².